The van der Waals surface area contributed by atoms with E-state index in [0.29, 0.717) is 5.02 Å². The van der Waals surface area contributed by atoms with Crippen LogP contribution < -0.4 is 11.1 Å². The number of halogens is 1. The van der Waals surface area contributed by atoms with E-state index >= 15 is 0 Å². The molecule has 1 aromatic rings. The van der Waals surface area contributed by atoms with Gasteiger partial charge in [0.1, 0.15) is 5.70 Å². The normalized spacial score (nSPS) is 10.7. The lowest BCUT2D eigenvalue weighted by molar-refractivity contribution is -0.138. The van der Waals surface area contributed by atoms with Gasteiger partial charge >= 0.3 is 11.9 Å². The Labute approximate surface area is 125 Å². The topological polar surface area (TPSA) is 108 Å². The summed E-state index contributed by atoms with van der Waals surface area (Å²) >= 11 is 5.78. The first-order valence-electron chi connectivity index (χ1n) is 5.63. The Kier molecular flexibility index (Phi) is 5.74. The van der Waals surface area contributed by atoms with Gasteiger partial charge in [-0.15, -0.1) is 0 Å². The minimum Gasteiger partial charge on any atom is -0.466 e. The van der Waals surface area contributed by atoms with Crippen molar-refractivity contribution in [1.29, 1.82) is 0 Å². The molecule has 0 radical (unpaired) electrons. The molecule has 1 aromatic carbocycles. The number of nitrogens with two attached hydrogens (primary N) is 1. The maximum atomic E-state index is 11.6. The summed E-state index contributed by atoms with van der Waals surface area (Å²) in [6.45, 7) is 0. The Hall–Kier alpha value is -2.54. The molecule has 0 saturated carbocycles. The predicted octanol–water partition coefficient (Wildman–Crippen LogP) is 1.08. The molecule has 8 heteroatoms. The number of rotatable bonds is 5. The van der Waals surface area contributed by atoms with Gasteiger partial charge in [-0.1, -0.05) is 11.6 Å². The van der Waals surface area contributed by atoms with Gasteiger partial charge in [-0.2, -0.15) is 0 Å². The van der Waals surface area contributed by atoms with Gasteiger partial charge in [-0.05, 0) is 18.2 Å². The molecule has 0 heterocycles. The van der Waals surface area contributed by atoms with Crippen LogP contribution in [0.2, 0.25) is 5.02 Å². The van der Waals surface area contributed by atoms with E-state index in [1.807, 2.05) is 0 Å². The van der Waals surface area contributed by atoms with Gasteiger partial charge in [0.05, 0.1) is 31.5 Å². The van der Waals surface area contributed by atoms with Gasteiger partial charge < -0.3 is 20.5 Å². The second-order valence-electron chi connectivity index (χ2n) is 3.75. The minimum absolute atomic E-state index is 0.0576. The van der Waals surface area contributed by atoms with Crippen molar-refractivity contribution in [2.24, 2.45) is 5.73 Å². The summed E-state index contributed by atoms with van der Waals surface area (Å²) in [7, 11) is 2.30. The van der Waals surface area contributed by atoms with E-state index in [9.17, 15) is 14.4 Å². The number of ether oxygens (including phenoxy) is 2. The van der Waals surface area contributed by atoms with Crippen molar-refractivity contribution in [2.75, 3.05) is 19.5 Å². The number of amides is 1. The van der Waals surface area contributed by atoms with Crippen LogP contribution in [0.1, 0.15) is 10.4 Å². The highest BCUT2D eigenvalue weighted by Crippen LogP contribution is 2.22. The molecule has 0 atom stereocenters. The number of esters is 2. The average Bonchev–Trinajstić information content (AvgIpc) is 2.46. The number of hydrogen-bond donors (Lipinski definition) is 2. The fraction of sp³-hybridized carbons (Fsp3) is 0.154. The van der Waals surface area contributed by atoms with Crippen LogP contribution in [0.15, 0.2) is 30.0 Å². The molecule has 3 N–H and O–H groups in total. The third-order valence-corrected chi connectivity index (χ3v) is 2.62. The predicted molar refractivity (Wildman–Crippen MR) is 75.7 cm³/mol. The van der Waals surface area contributed by atoms with E-state index in [1.165, 1.54) is 18.2 Å². The van der Waals surface area contributed by atoms with Gasteiger partial charge in [0.25, 0.3) is 5.91 Å². The lowest BCUT2D eigenvalue weighted by atomic mass is 10.1. The molecular weight excluding hydrogens is 300 g/mol. The van der Waals surface area contributed by atoms with Crippen molar-refractivity contribution in [3.63, 3.8) is 0 Å². The molecule has 21 heavy (non-hydrogen) atoms. The second kappa shape index (κ2) is 7.30. The summed E-state index contributed by atoms with van der Waals surface area (Å²) in [4.78, 5) is 34.2. The molecule has 0 bridgehead atoms. The van der Waals surface area contributed by atoms with Gasteiger partial charge in [-0.3, -0.25) is 4.79 Å². The molecule has 112 valence electrons. The average molecular weight is 313 g/mol. The zero-order chi connectivity index (χ0) is 16.0. The molecular formula is C13H13ClN2O5. The molecule has 0 saturated heterocycles. The molecule has 0 aromatic heterocycles. The van der Waals surface area contributed by atoms with Crippen molar-refractivity contribution in [2.45, 2.75) is 0 Å². The third-order valence-electron chi connectivity index (χ3n) is 2.39. The second-order valence-corrected chi connectivity index (χ2v) is 4.19. The van der Waals surface area contributed by atoms with Gasteiger partial charge in [0.2, 0.25) is 0 Å². The maximum absolute atomic E-state index is 11.6. The summed E-state index contributed by atoms with van der Waals surface area (Å²) in [6, 6.07) is 4.26. The fourth-order valence-corrected chi connectivity index (χ4v) is 1.58. The number of hydrogen-bond acceptors (Lipinski definition) is 6. The number of carbonyl (C=O) groups is 3. The molecule has 0 aliphatic carbocycles. The first-order chi connectivity index (χ1) is 9.88. The van der Waals surface area contributed by atoms with Crippen molar-refractivity contribution in [1.82, 2.24) is 0 Å². The van der Waals surface area contributed by atoms with Crippen LogP contribution >= 0.6 is 11.6 Å². The van der Waals surface area contributed by atoms with Crippen molar-refractivity contribution in [3.8, 4) is 0 Å². The SMILES string of the molecule is COC(=O)/C=C(/Nc1ccc(Cl)cc1C(N)=O)C(=O)OC. The quantitative estimate of drug-likeness (QED) is 0.622. The van der Waals surface area contributed by atoms with Crippen LogP contribution in [0, 0.1) is 0 Å². The molecule has 0 aliphatic heterocycles. The lowest BCUT2D eigenvalue weighted by Crippen LogP contribution is -2.19. The maximum Gasteiger partial charge on any atom is 0.354 e. The molecule has 1 amide bonds. The Bertz CT molecular complexity index is 613. The molecule has 7 nitrogen and oxygen atoms in total. The van der Waals surface area contributed by atoms with Crippen LogP contribution in [0.4, 0.5) is 5.69 Å². The number of primary amides is 1. The monoisotopic (exact) mass is 312 g/mol. The summed E-state index contributed by atoms with van der Waals surface area (Å²) in [5.74, 6) is -2.33. The molecule has 1 rings (SSSR count). The van der Waals surface area contributed by atoms with E-state index in [-0.39, 0.29) is 16.9 Å². The van der Waals surface area contributed by atoms with E-state index in [1.54, 1.807) is 0 Å². The zero-order valence-corrected chi connectivity index (χ0v) is 12.1. The van der Waals surface area contributed by atoms with Crippen LogP contribution in [-0.2, 0) is 19.1 Å². The standard InChI is InChI=1S/C13H13ClN2O5/c1-20-11(17)6-10(13(19)21-2)16-9-4-3-7(14)5-8(9)12(15)18/h3-6,16H,1-2H3,(H2,15,18)/b10-6+. The summed E-state index contributed by atoms with van der Waals surface area (Å²) < 4.78 is 8.97. The van der Waals surface area contributed by atoms with Crippen molar-refractivity contribution < 1.29 is 23.9 Å². The smallest absolute Gasteiger partial charge is 0.354 e. The highest BCUT2D eigenvalue weighted by molar-refractivity contribution is 6.31. The molecule has 0 spiro atoms. The zero-order valence-electron chi connectivity index (χ0n) is 11.3. The highest BCUT2D eigenvalue weighted by Gasteiger charge is 2.16. The summed E-state index contributed by atoms with van der Waals surface area (Å²) in [5, 5.41) is 2.90. The van der Waals surface area contributed by atoms with Gasteiger partial charge in [-0.25, -0.2) is 9.59 Å². The Morgan fingerprint density at radius 2 is 1.90 bits per heavy atom. The first kappa shape index (κ1) is 16.5. The fourth-order valence-electron chi connectivity index (χ4n) is 1.41. The van der Waals surface area contributed by atoms with Gasteiger partial charge in [0.15, 0.2) is 0 Å². The van der Waals surface area contributed by atoms with E-state index in [4.69, 9.17) is 17.3 Å². The van der Waals surface area contributed by atoms with Crippen LogP contribution in [-0.4, -0.2) is 32.1 Å². The Balaban J connectivity index is 3.21. The minimum atomic E-state index is -0.814. The number of anilines is 1. The molecule has 0 unspecified atom stereocenters. The number of nitrogens with one attached hydrogen (secondary N) is 1. The summed E-state index contributed by atoms with van der Waals surface area (Å²) in [5.41, 5.74) is 5.28. The third kappa shape index (κ3) is 4.50. The summed E-state index contributed by atoms with van der Waals surface area (Å²) in [6.07, 6.45) is 0.894. The lowest BCUT2D eigenvalue weighted by Gasteiger charge is -2.12. The number of methoxy groups -OCH3 is 2. The Morgan fingerprint density at radius 1 is 1.24 bits per heavy atom. The van der Waals surface area contributed by atoms with Crippen LogP contribution in [0.5, 0.6) is 0 Å². The number of benzene rings is 1. The van der Waals surface area contributed by atoms with E-state index in [2.05, 4.69) is 14.8 Å². The van der Waals surface area contributed by atoms with E-state index < -0.39 is 17.8 Å². The van der Waals surface area contributed by atoms with Gasteiger partial charge in [0, 0.05) is 5.02 Å². The largest absolute Gasteiger partial charge is 0.466 e. The Morgan fingerprint density at radius 3 is 2.43 bits per heavy atom. The van der Waals surface area contributed by atoms with Crippen LogP contribution in [0.25, 0.3) is 0 Å². The first-order valence-corrected chi connectivity index (χ1v) is 6.01. The molecule has 0 fully saturated rings. The molecule has 0 aliphatic rings. The number of carbonyl (C=O) groups excluding carboxylic acids is 3. The van der Waals surface area contributed by atoms with Crippen molar-refractivity contribution in [3.05, 3.63) is 40.6 Å². The van der Waals surface area contributed by atoms with Crippen molar-refractivity contribution >= 4 is 35.1 Å². The van der Waals surface area contributed by atoms with Crippen LogP contribution in [0.3, 0.4) is 0 Å². The van der Waals surface area contributed by atoms with E-state index in [0.717, 1.165) is 20.3 Å². The highest BCUT2D eigenvalue weighted by atomic mass is 35.5.